The van der Waals surface area contributed by atoms with E-state index in [0.717, 1.165) is 45.5 Å². The van der Waals surface area contributed by atoms with Gasteiger partial charge in [0.2, 0.25) is 0 Å². The van der Waals surface area contributed by atoms with Gasteiger partial charge in [-0.15, -0.1) is 11.3 Å². The summed E-state index contributed by atoms with van der Waals surface area (Å²) in [4.78, 5) is 21.1. The second kappa shape index (κ2) is 5.29. The number of aliphatic imine (C=N–C) groups is 1. The second-order valence-electron chi connectivity index (χ2n) is 6.58. The summed E-state index contributed by atoms with van der Waals surface area (Å²) < 4.78 is 0. The molecule has 0 aliphatic carbocycles. The van der Waals surface area contributed by atoms with Crippen LogP contribution in [0.5, 0.6) is 0 Å². The standard InChI is InChI=1S/C19H17N3OS/c1-12-11-15-16(23)19(2)8-10-22(18(19)21-17(15)24-12)14-5-3-13(4-6-14)7-9-20/h3-6,11H,7-8,10H2,1-2H3. The first-order chi connectivity index (χ1) is 11.5. The number of amidine groups is 1. The topological polar surface area (TPSA) is 56.5 Å². The van der Waals surface area contributed by atoms with Gasteiger partial charge in [0.1, 0.15) is 10.8 Å². The lowest BCUT2D eigenvalue weighted by molar-refractivity contribution is 0.0888. The number of hydrogen-bond donors (Lipinski definition) is 0. The number of benzene rings is 1. The van der Waals surface area contributed by atoms with Crippen LogP contribution >= 0.6 is 11.3 Å². The highest BCUT2D eigenvalue weighted by Crippen LogP contribution is 2.47. The summed E-state index contributed by atoms with van der Waals surface area (Å²) in [5.41, 5.74) is 2.27. The molecule has 0 spiro atoms. The average Bonchev–Trinajstić information content (AvgIpc) is 3.10. The average molecular weight is 335 g/mol. The van der Waals surface area contributed by atoms with Crippen molar-refractivity contribution in [3.63, 3.8) is 0 Å². The minimum Gasteiger partial charge on any atom is -0.329 e. The molecule has 3 heterocycles. The third-order valence-corrected chi connectivity index (χ3v) is 5.85. The maximum Gasteiger partial charge on any atom is 0.179 e. The maximum atomic E-state index is 13.0. The van der Waals surface area contributed by atoms with Gasteiger partial charge < -0.3 is 4.90 Å². The van der Waals surface area contributed by atoms with Gasteiger partial charge in [-0.05, 0) is 44.0 Å². The van der Waals surface area contributed by atoms with Crippen LogP contribution in [0.15, 0.2) is 35.3 Å². The number of hydrogen-bond acceptors (Lipinski definition) is 5. The number of nitrogens with zero attached hydrogens (tertiary/aromatic N) is 3. The summed E-state index contributed by atoms with van der Waals surface area (Å²) in [6, 6.07) is 12.1. The molecule has 4 nitrogen and oxygen atoms in total. The lowest BCUT2D eigenvalue weighted by Crippen LogP contribution is -2.40. The molecule has 2 aliphatic heterocycles. The molecule has 1 aromatic heterocycles. The molecule has 0 bridgehead atoms. The summed E-state index contributed by atoms with van der Waals surface area (Å²) in [5, 5.41) is 9.63. The number of carbonyl (C=O) groups excluding carboxylic acids is 1. The SMILES string of the molecule is Cc1cc2c(s1)N=C1N(c3ccc(CC#N)cc3)CCC1(C)C2=O. The number of fused-ring (bicyclic) bond motifs is 2. The molecule has 0 saturated carbocycles. The Labute approximate surface area is 145 Å². The highest BCUT2D eigenvalue weighted by atomic mass is 32.1. The Morgan fingerprint density at radius 2 is 2.12 bits per heavy atom. The van der Waals surface area contributed by atoms with E-state index in [0.29, 0.717) is 6.42 Å². The first-order valence-electron chi connectivity index (χ1n) is 8.01. The lowest BCUT2D eigenvalue weighted by atomic mass is 9.79. The zero-order chi connectivity index (χ0) is 16.9. The Morgan fingerprint density at radius 3 is 2.83 bits per heavy atom. The van der Waals surface area contributed by atoms with Crippen LogP contribution in [0, 0.1) is 23.7 Å². The van der Waals surface area contributed by atoms with Crippen molar-refractivity contribution in [3.05, 3.63) is 46.3 Å². The summed E-state index contributed by atoms with van der Waals surface area (Å²) >= 11 is 1.58. The molecule has 120 valence electrons. The predicted molar refractivity (Wildman–Crippen MR) is 96.3 cm³/mol. The van der Waals surface area contributed by atoms with Gasteiger partial charge in [0.05, 0.1) is 23.5 Å². The van der Waals surface area contributed by atoms with Crippen LogP contribution in [0.3, 0.4) is 0 Å². The van der Waals surface area contributed by atoms with Crippen LogP contribution in [0.4, 0.5) is 10.7 Å². The van der Waals surface area contributed by atoms with Crippen LogP contribution in [0.25, 0.3) is 0 Å². The van der Waals surface area contributed by atoms with Crippen molar-refractivity contribution in [1.29, 1.82) is 5.26 Å². The van der Waals surface area contributed by atoms with Gasteiger partial charge in [-0.3, -0.25) is 4.79 Å². The fourth-order valence-electron chi connectivity index (χ4n) is 3.53. The number of Topliss-reactive ketones (excluding diaryl/α,β-unsaturated/α-hetero) is 1. The number of nitriles is 1. The molecule has 2 aliphatic rings. The fraction of sp³-hybridized carbons (Fsp3) is 0.316. The van der Waals surface area contributed by atoms with Gasteiger partial charge in [-0.25, -0.2) is 4.99 Å². The van der Waals surface area contributed by atoms with E-state index in [1.165, 1.54) is 0 Å². The molecule has 24 heavy (non-hydrogen) atoms. The molecule has 0 N–H and O–H groups in total. The van der Waals surface area contributed by atoms with E-state index in [2.05, 4.69) is 11.0 Å². The van der Waals surface area contributed by atoms with Gasteiger partial charge in [-0.2, -0.15) is 5.26 Å². The minimum atomic E-state index is -0.536. The van der Waals surface area contributed by atoms with Gasteiger partial charge >= 0.3 is 0 Å². The zero-order valence-corrected chi connectivity index (χ0v) is 14.5. The highest BCUT2D eigenvalue weighted by Gasteiger charge is 2.50. The Balaban J connectivity index is 1.76. The maximum absolute atomic E-state index is 13.0. The molecular formula is C19H17N3OS. The highest BCUT2D eigenvalue weighted by molar-refractivity contribution is 7.16. The van der Waals surface area contributed by atoms with Crippen molar-refractivity contribution in [2.24, 2.45) is 10.4 Å². The van der Waals surface area contributed by atoms with Crippen molar-refractivity contribution >= 4 is 33.6 Å². The number of thiophene rings is 1. The number of anilines is 1. The van der Waals surface area contributed by atoms with Crippen LogP contribution < -0.4 is 4.90 Å². The molecule has 0 radical (unpaired) electrons. The molecule has 1 unspecified atom stereocenters. The van der Waals surface area contributed by atoms with Crippen molar-refractivity contribution in [1.82, 2.24) is 0 Å². The van der Waals surface area contributed by atoms with Gasteiger partial charge in [0.15, 0.2) is 5.78 Å². The third kappa shape index (κ3) is 2.10. The molecule has 2 aromatic rings. The second-order valence-corrected chi connectivity index (χ2v) is 7.81. The molecule has 1 fully saturated rings. The van der Waals surface area contributed by atoms with E-state index >= 15 is 0 Å². The van der Waals surface area contributed by atoms with Crippen molar-refractivity contribution < 1.29 is 4.79 Å². The summed E-state index contributed by atoms with van der Waals surface area (Å²) in [7, 11) is 0. The zero-order valence-electron chi connectivity index (χ0n) is 13.7. The van der Waals surface area contributed by atoms with E-state index < -0.39 is 5.41 Å². The summed E-state index contributed by atoms with van der Waals surface area (Å²) in [5.74, 6) is 1.05. The molecule has 1 aromatic carbocycles. The normalized spacial score (nSPS) is 22.0. The van der Waals surface area contributed by atoms with E-state index in [9.17, 15) is 4.79 Å². The monoisotopic (exact) mass is 335 g/mol. The van der Waals surface area contributed by atoms with E-state index in [1.54, 1.807) is 11.3 Å². The van der Waals surface area contributed by atoms with Gasteiger partial charge in [0, 0.05) is 17.1 Å². The quantitative estimate of drug-likeness (QED) is 0.823. The Bertz CT molecular complexity index is 904. The van der Waals surface area contributed by atoms with Crippen LogP contribution in [-0.2, 0) is 6.42 Å². The molecular weight excluding hydrogens is 318 g/mol. The smallest absolute Gasteiger partial charge is 0.179 e. The van der Waals surface area contributed by atoms with Crippen LogP contribution in [0.1, 0.15) is 34.1 Å². The fourth-order valence-corrected chi connectivity index (χ4v) is 4.40. The number of aryl methyl sites for hydroxylation is 1. The molecule has 5 heteroatoms. The number of ketones is 1. The van der Waals surface area contributed by atoms with Gasteiger partial charge in [0.25, 0.3) is 0 Å². The molecule has 1 saturated heterocycles. The Hall–Kier alpha value is -2.45. The van der Waals surface area contributed by atoms with Crippen molar-refractivity contribution in [2.45, 2.75) is 26.7 Å². The number of rotatable bonds is 2. The van der Waals surface area contributed by atoms with Gasteiger partial charge in [-0.1, -0.05) is 12.1 Å². The summed E-state index contributed by atoms with van der Waals surface area (Å²) in [6.07, 6.45) is 1.19. The first-order valence-corrected chi connectivity index (χ1v) is 8.82. The Kier molecular flexibility index (Phi) is 3.33. The van der Waals surface area contributed by atoms with Crippen molar-refractivity contribution in [3.8, 4) is 6.07 Å². The van der Waals surface area contributed by atoms with E-state index in [4.69, 9.17) is 10.3 Å². The first kappa shape index (κ1) is 15.1. The van der Waals surface area contributed by atoms with Crippen LogP contribution in [-0.4, -0.2) is 18.2 Å². The molecule has 0 amide bonds. The predicted octanol–water partition coefficient (Wildman–Crippen LogP) is 4.27. The minimum absolute atomic E-state index is 0.190. The van der Waals surface area contributed by atoms with E-state index in [1.807, 2.05) is 44.2 Å². The van der Waals surface area contributed by atoms with Crippen LogP contribution in [0.2, 0.25) is 0 Å². The van der Waals surface area contributed by atoms with Crippen molar-refractivity contribution in [2.75, 3.05) is 11.4 Å². The lowest BCUT2D eigenvalue weighted by Gasteiger charge is -2.29. The van der Waals surface area contributed by atoms with E-state index in [-0.39, 0.29) is 5.78 Å². The third-order valence-electron chi connectivity index (χ3n) is 4.90. The molecule has 4 rings (SSSR count). The number of carbonyl (C=O) groups is 1. The molecule has 1 atom stereocenters. The summed E-state index contributed by atoms with van der Waals surface area (Å²) in [6.45, 7) is 4.81. The Morgan fingerprint density at radius 1 is 1.38 bits per heavy atom. The largest absolute Gasteiger partial charge is 0.329 e.